The van der Waals surface area contributed by atoms with E-state index < -0.39 is 0 Å². The molecule has 8 heteroatoms. The number of piperidine rings is 1. The van der Waals surface area contributed by atoms with Crippen molar-refractivity contribution in [3.63, 3.8) is 0 Å². The number of carbonyl (C=O) groups excluding carboxylic acids is 1. The van der Waals surface area contributed by atoms with E-state index in [1.807, 2.05) is 0 Å². The molecule has 2 aromatic heterocycles. The minimum atomic E-state index is -0.210. The van der Waals surface area contributed by atoms with Gasteiger partial charge in [-0.25, -0.2) is 4.98 Å². The molecule has 0 saturated carbocycles. The summed E-state index contributed by atoms with van der Waals surface area (Å²) in [4.78, 5) is 32.5. The van der Waals surface area contributed by atoms with Crippen LogP contribution in [0.1, 0.15) is 25.7 Å². The van der Waals surface area contributed by atoms with Gasteiger partial charge in [0.1, 0.15) is 0 Å². The number of nitrogens with zero attached hydrogens (tertiary/aromatic N) is 3. The highest BCUT2D eigenvalue weighted by molar-refractivity contribution is 5.85. The highest BCUT2D eigenvalue weighted by Crippen LogP contribution is 2.11. The molecule has 0 aromatic carbocycles. The Morgan fingerprint density at radius 2 is 2.17 bits per heavy atom. The third-order valence-electron chi connectivity index (χ3n) is 3.86. The number of hydrogen-bond donors (Lipinski definition) is 1. The lowest BCUT2D eigenvalue weighted by Gasteiger charge is -2.22. The lowest BCUT2D eigenvalue weighted by Crippen LogP contribution is -2.37. The van der Waals surface area contributed by atoms with Crippen molar-refractivity contribution in [2.45, 2.75) is 38.3 Å². The molecule has 6 nitrogen and oxygen atoms in total. The third-order valence-corrected chi connectivity index (χ3v) is 3.86. The van der Waals surface area contributed by atoms with Crippen LogP contribution in [0.5, 0.6) is 0 Å². The largest absolute Gasteiger partial charge is 0.314 e. The minimum Gasteiger partial charge on any atom is -0.314 e. The number of rotatable bonds is 4. The zero-order valence-electron chi connectivity index (χ0n) is 12.6. The first-order valence-corrected chi connectivity index (χ1v) is 7.28. The van der Waals surface area contributed by atoms with E-state index in [1.165, 1.54) is 23.5 Å². The molecule has 1 fully saturated rings. The van der Waals surface area contributed by atoms with Gasteiger partial charge in [-0.3, -0.25) is 19.1 Å². The molecule has 23 heavy (non-hydrogen) atoms. The lowest BCUT2D eigenvalue weighted by molar-refractivity contribution is -0.120. The fourth-order valence-electron chi connectivity index (χ4n) is 2.74. The summed E-state index contributed by atoms with van der Waals surface area (Å²) in [5.41, 5.74) is 0.394. The summed E-state index contributed by atoms with van der Waals surface area (Å²) < 4.78 is 1.37. The van der Waals surface area contributed by atoms with Gasteiger partial charge in [-0.15, -0.1) is 24.8 Å². The summed E-state index contributed by atoms with van der Waals surface area (Å²) >= 11 is 0. The summed E-state index contributed by atoms with van der Waals surface area (Å²) in [6.45, 7) is 1.05. The van der Waals surface area contributed by atoms with Crippen LogP contribution in [0.25, 0.3) is 10.9 Å². The highest BCUT2D eigenvalue weighted by Gasteiger charge is 2.17. The Morgan fingerprint density at radius 1 is 1.35 bits per heavy atom. The Balaban J connectivity index is 0.00000132. The normalized spacial score (nSPS) is 17.1. The fourth-order valence-corrected chi connectivity index (χ4v) is 2.74. The van der Waals surface area contributed by atoms with Gasteiger partial charge in [0, 0.05) is 24.9 Å². The average molecular weight is 359 g/mol. The monoisotopic (exact) mass is 358 g/mol. The first kappa shape index (κ1) is 19.5. The van der Waals surface area contributed by atoms with Crippen molar-refractivity contribution in [1.29, 1.82) is 0 Å². The van der Waals surface area contributed by atoms with E-state index in [0.29, 0.717) is 17.3 Å². The maximum atomic E-state index is 12.3. The molecular formula is C15H20Cl2N4O2. The van der Waals surface area contributed by atoms with Crippen LogP contribution in [-0.2, 0) is 11.3 Å². The van der Waals surface area contributed by atoms with Gasteiger partial charge in [-0.1, -0.05) is 6.42 Å². The van der Waals surface area contributed by atoms with E-state index in [-0.39, 0.29) is 48.7 Å². The van der Waals surface area contributed by atoms with Gasteiger partial charge in [0.25, 0.3) is 5.56 Å². The summed E-state index contributed by atoms with van der Waals surface area (Å²) in [6.07, 6.45) is 8.36. The van der Waals surface area contributed by atoms with Gasteiger partial charge >= 0.3 is 0 Å². The molecule has 0 bridgehead atoms. The van der Waals surface area contributed by atoms with Crippen LogP contribution in [-0.4, -0.2) is 32.9 Å². The number of nitrogens with one attached hydrogen (secondary N) is 1. The van der Waals surface area contributed by atoms with Crippen molar-refractivity contribution >= 4 is 41.5 Å². The number of Topliss-reactive ketones (excluding diaryl/α,β-unsaturated/α-hetero) is 1. The molecule has 1 saturated heterocycles. The summed E-state index contributed by atoms with van der Waals surface area (Å²) in [6, 6.07) is 1.94. The van der Waals surface area contributed by atoms with Crippen LogP contribution >= 0.6 is 24.8 Å². The van der Waals surface area contributed by atoms with Crippen LogP contribution in [0.4, 0.5) is 0 Å². The van der Waals surface area contributed by atoms with Crippen molar-refractivity contribution < 1.29 is 4.79 Å². The molecule has 0 aliphatic carbocycles. The summed E-state index contributed by atoms with van der Waals surface area (Å²) in [7, 11) is 0. The van der Waals surface area contributed by atoms with E-state index in [2.05, 4.69) is 15.3 Å². The summed E-state index contributed by atoms with van der Waals surface area (Å²) in [5, 5.41) is 3.79. The number of carbonyl (C=O) groups is 1. The van der Waals surface area contributed by atoms with Crippen LogP contribution < -0.4 is 10.9 Å². The molecule has 0 unspecified atom stereocenters. The molecule has 1 aliphatic rings. The number of ketones is 1. The van der Waals surface area contributed by atoms with Gasteiger partial charge < -0.3 is 5.32 Å². The number of halogens is 2. The van der Waals surface area contributed by atoms with Crippen molar-refractivity contribution in [3.05, 3.63) is 35.1 Å². The molecule has 3 rings (SSSR count). The molecule has 0 radical (unpaired) electrons. The van der Waals surface area contributed by atoms with Gasteiger partial charge in [0.05, 0.1) is 23.8 Å². The van der Waals surface area contributed by atoms with Crippen LogP contribution in [0, 0.1) is 0 Å². The van der Waals surface area contributed by atoms with E-state index in [4.69, 9.17) is 0 Å². The Labute approximate surface area is 146 Å². The van der Waals surface area contributed by atoms with E-state index in [0.717, 1.165) is 19.4 Å². The zero-order chi connectivity index (χ0) is 14.7. The van der Waals surface area contributed by atoms with Crippen molar-refractivity contribution in [2.24, 2.45) is 0 Å². The van der Waals surface area contributed by atoms with Crippen molar-refractivity contribution in [1.82, 2.24) is 19.9 Å². The van der Waals surface area contributed by atoms with Crippen molar-refractivity contribution in [2.75, 3.05) is 6.54 Å². The van der Waals surface area contributed by atoms with E-state index in [1.54, 1.807) is 12.3 Å². The molecule has 0 spiro atoms. The fraction of sp³-hybridized carbons (Fsp3) is 0.467. The quantitative estimate of drug-likeness (QED) is 0.900. The number of aromatic nitrogens is 3. The second kappa shape index (κ2) is 8.96. The van der Waals surface area contributed by atoms with Gasteiger partial charge in [0.2, 0.25) is 0 Å². The first-order valence-electron chi connectivity index (χ1n) is 7.28. The van der Waals surface area contributed by atoms with Crippen LogP contribution in [0.3, 0.4) is 0 Å². The maximum Gasteiger partial charge on any atom is 0.263 e. The maximum absolute atomic E-state index is 12.3. The lowest BCUT2D eigenvalue weighted by atomic mass is 10.00. The number of pyridine rings is 1. The standard InChI is InChI=1S/C15H18N4O2.2ClH/c20-12(7-11-3-1-2-5-17-11)9-19-10-18-14-4-6-16-8-13(14)15(19)21;;/h4,6,8,10-11,17H,1-3,5,7,9H2;2*1H/t11-;;/m0../s1. The second-order valence-corrected chi connectivity index (χ2v) is 5.46. The molecule has 126 valence electrons. The van der Waals surface area contributed by atoms with Gasteiger partial charge in [-0.2, -0.15) is 0 Å². The predicted octanol–water partition coefficient (Wildman–Crippen LogP) is 1.74. The average Bonchev–Trinajstić information content (AvgIpc) is 2.51. The predicted molar refractivity (Wildman–Crippen MR) is 93.6 cm³/mol. The molecule has 2 aromatic rings. The van der Waals surface area contributed by atoms with Crippen molar-refractivity contribution in [3.8, 4) is 0 Å². The second-order valence-electron chi connectivity index (χ2n) is 5.46. The topological polar surface area (TPSA) is 76.9 Å². The summed E-state index contributed by atoms with van der Waals surface area (Å²) in [5.74, 6) is 0.0570. The molecule has 3 heterocycles. The minimum absolute atomic E-state index is 0. The third kappa shape index (κ3) is 4.73. The number of fused-ring (bicyclic) bond motifs is 1. The van der Waals surface area contributed by atoms with Crippen LogP contribution in [0.2, 0.25) is 0 Å². The molecule has 1 aliphatic heterocycles. The van der Waals surface area contributed by atoms with Crippen LogP contribution in [0.15, 0.2) is 29.6 Å². The van der Waals surface area contributed by atoms with E-state index >= 15 is 0 Å². The first-order chi connectivity index (χ1) is 10.2. The van der Waals surface area contributed by atoms with Gasteiger partial charge in [-0.05, 0) is 25.5 Å². The Morgan fingerprint density at radius 3 is 2.91 bits per heavy atom. The molecule has 1 N–H and O–H groups in total. The molecule has 1 atom stereocenters. The molecule has 0 amide bonds. The number of hydrogen-bond acceptors (Lipinski definition) is 5. The Hall–Kier alpha value is -1.50. The zero-order valence-corrected chi connectivity index (χ0v) is 14.2. The molecular weight excluding hydrogens is 339 g/mol. The van der Waals surface area contributed by atoms with Gasteiger partial charge in [0.15, 0.2) is 5.78 Å². The van der Waals surface area contributed by atoms with E-state index in [9.17, 15) is 9.59 Å². The highest BCUT2D eigenvalue weighted by atomic mass is 35.5. The Bertz CT molecular complexity index is 714. The Kier molecular flexibility index (Phi) is 7.61. The SMILES string of the molecule is Cl.Cl.O=C(C[C@@H]1CCCCN1)Cn1cnc2ccncc2c1=O. The smallest absolute Gasteiger partial charge is 0.263 e.